The summed E-state index contributed by atoms with van der Waals surface area (Å²) in [4.78, 5) is 26.9. The lowest BCUT2D eigenvalue weighted by molar-refractivity contribution is -0.134. The van der Waals surface area contributed by atoms with Crippen LogP contribution in [0.3, 0.4) is 0 Å². The van der Waals surface area contributed by atoms with Gasteiger partial charge < -0.3 is 14.6 Å². The maximum absolute atomic E-state index is 12.8. The van der Waals surface area contributed by atoms with E-state index >= 15 is 0 Å². The number of nitrogens with one attached hydrogen (secondary N) is 1. The minimum Gasteiger partial charge on any atom is -0.465 e. The lowest BCUT2D eigenvalue weighted by Crippen LogP contribution is -2.48. The van der Waals surface area contributed by atoms with E-state index in [1.165, 1.54) is 6.08 Å². The topological polar surface area (TPSA) is 62.6 Å². The smallest absolute Gasteiger partial charge is 0.245 e. The van der Waals surface area contributed by atoms with Gasteiger partial charge in [0.05, 0.1) is 6.26 Å². The zero-order chi connectivity index (χ0) is 17.5. The Morgan fingerprint density at radius 2 is 1.88 bits per heavy atom. The number of benzene rings is 1. The normalized spacial score (nSPS) is 15.4. The highest BCUT2D eigenvalue weighted by atomic mass is 16.3. The average Bonchev–Trinajstić information content (AvgIpc) is 3.33. The third-order valence-electron chi connectivity index (χ3n) is 4.26. The van der Waals surface area contributed by atoms with Crippen molar-refractivity contribution in [2.75, 3.05) is 13.1 Å². The molecule has 2 aromatic rings. The van der Waals surface area contributed by atoms with E-state index in [1.54, 1.807) is 24.5 Å². The molecule has 5 nitrogen and oxygen atoms in total. The number of hydrogen-bond acceptors (Lipinski definition) is 3. The molecule has 1 aliphatic heterocycles. The first-order valence-electron chi connectivity index (χ1n) is 8.57. The van der Waals surface area contributed by atoms with Crippen LogP contribution in [0.4, 0.5) is 0 Å². The molecular formula is C20H22N2O3. The summed E-state index contributed by atoms with van der Waals surface area (Å²) in [6.07, 6.45) is 7.07. The summed E-state index contributed by atoms with van der Waals surface area (Å²) >= 11 is 0. The molecule has 0 radical (unpaired) electrons. The van der Waals surface area contributed by atoms with Gasteiger partial charge in [-0.05, 0) is 36.6 Å². The molecule has 1 unspecified atom stereocenters. The van der Waals surface area contributed by atoms with Crippen LogP contribution in [-0.4, -0.2) is 35.8 Å². The number of carbonyl (C=O) groups is 2. The van der Waals surface area contributed by atoms with Crippen molar-refractivity contribution in [1.29, 1.82) is 0 Å². The van der Waals surface area contributed by atoms with Crippen molar-refractivity contribution < 1.29 is 14.0 Å². The molecule has 1 aromatic heterocycles. The number of rotatable bonds is 6. The number of furan rings is 1. The molecule has 25 heavy (non-hydrogen) atoms. The van der Waals surface area contributed by atoms with Crippen LogP contribution >= 0.6 is 0 Å². The second kappa shape index (κ2) is 8.33. The van der Waals surface area contributed by atoms with Gasteiger partial charge in [-0.15, -0.1) is 0 Å². The lowest BCUT2D eigenvalue weighted by atomic mass is 10.0. The van der Waals surface area contributed by atoms with Gasteiger partial charge in [-0.1, -0.05) is 30.3 Å². The van der Waals surface area contributed by atoms with Gasteiger partial charge in [-0.3, -0.25) is 9.59 Å². The average molecular weight is 338 g/mol. The summed E-state index contributed by atoms with van der Waals surface area (Å²) in [7, 11) is 0. The maximum atomic E-state index is 12.8. The van der Waals surface area contributed by atoms with Gasteiger partial charge in [-0.2, -0.15) is 0 Å². The minimum absolute atomic E-state index is 0.0129. The van der Waals surface area contributed by atoms with E-state index in [9.17, 15) is 9.59 Å². The van der Waals surface area contributed by atoms with E-state index < -0.39 is 6.04 Å². The Hall–Kier alpha value is -2.82. The van der Waals surface area contributed by atoms with Gasteiger partial charge in [0.1, 0.15) is 11.8 Å². The number of nitrogens with zero attached hydrogens (tertiary/aromatic N) is 1. The first-order valence-corrected chi connectivity index (χ1v) is 8.57. The molecule has 1 N–H and O–H groups in total. The zero-order valence-electron chi connectivity index (χ0n) is 14.1. The van der Waals surface area contributed by atoms with E-state index in [-0.39, 0.29) is 11.8 Å². The van der Waals surface area contributed by atoms with Gasteiger partial charge in [0.15, 0.2) is 0 Å². The Morgan fingerprint density at radius 1 is 1.12 bits per heavy atom. The highest BCUT2D eigenvalue weighted by Gasteiger charge is 2.27. The van der Waals surface area contributed by atoms with Crippen LogP contribution < -0.4 is 5.32 Å². The van der Waals surface area contributed by atoms with Gasteiger partial charge in [-0.25, -0.2) is 0 Å². The number of hydrogen-bond donors (Lipinski definition) is 1. The molecule has 3 rings (SSSR count). The quantitative estimate of drug-likeness (QED) is 0.824. The van der Waals surface area contributed by atoms with Crippen LogP contribution in [0.25, 0.3) is 6.08 Å². The second-order valence-electron chi connectivity index (χ2n) is 6.13. The summed E-state index contributed by atoms with van der Waals surface area (Å²) in [6, 6.07) is 12.7. The first-order chi connectivity index (χ1) is 12.2. The highest BCUT2D eigenvalue weighted by molar-refractivity contribution is 5.95. The number of carbonyl (C=O) groups excluding carboxylic acids is 2. The summed E-state index contributed by atoms with van der Waals surface area (Å²) < 4.78 is 5.17. The number of amides is 2. The van der Waals surface area contributed by atoms with E-state index in [4.69, 9.17) is 4.42 Å². The van der Waals surface area contributed by atoms with Crippen molar-refractivity contribution in [1.82, 2.24) is 10.2 Å². The fourth-order valence-corrected chi connectivity index (χ4v) is 2.97. The van der Waals surface area contributed by atoms with Gasteiger partial charge in [0.25, 0.3) is 0 Å². The molecule has 130 valence electrons. The van der Waals surface area contributed by atoms with Crippen LogP contribution in [0.5, 0.6) is 0 Å². The van der Waals surface area contributed by atoms with Crippen LogP contribution in [0.2, 0.25) is 0 Å². The molecule has 0 aliphatic carbocycles. The molecule has 2 heterocycles. The molecular weight excluding hydrogens is 316 g/mol. The third kappa shape index (κ3) is 4.83. The summed E-state index contributed by atoms with van der Waals surface area (Å²) in [5.41, 5.74) is 1.02. The molecule has 1 aromatic carbocycles. The van der Waals surface area contributed by atoms with Crippen LogP contribution in [0.1, 0.15) is 24.2 Å². The Balaban J connectivity index is 1.68. The van der Waals surface area contributed by atoms with Gasteiger partial charge in [0, 0.05) is 25.6 Å². The highest BCUT2D eigenvalue weighted by Crippen LogP contribution is 2.12. The molecule has 0 spiro atoms. The second-order valence-corrected chi connectivity index (χ2v) is 6.13. The standard InChI is InChI=1S/C20H22N2O3/c23-19(11-10-17-9-6-14-25-17)21-18(15-16-7-2-1-3-8-16)20(24)22-12-4-5-13-22/h1-3,6-11,14,18H,4-5,12-13,15H2,(H,21,23)/b11-10+. The minimum atomic E-state index is -0.561. The molecule has 0 saturated carbocycles. The fourth-order valence-electron chi connectivity index (χ4n) is 2.97. The molecule has 1 saturated heterocycles. The molecule has 1 fully saturated rings. The first kappa shape index (κ1) is 17.0. The van der Waals surface area contributed by atoms with E-state index in [0.717, 1.165) is 31.5 Å². The van der Waals surface area contributed by atoms with E-state index in [2.05, 4.69) is 5.32 Å². The SMILES string of the molecule is O=C(/C=C/c1ccco1)NC(Cc1ccccc1)C(=O)N1CCCC1. The van der Waals surface area contributed by atoms with Crippen molar-refractivity contribution in [2.45, 2.75) is 25.3 Å². The third-order valence-corrected chi connectivity index (χ3v) is 4.26. The molecule has 1 aliphatic rings. The van der Waals surface area contributed by atoms with Crippen molar-refractivity contribution in [2.24, 2.45) is 0 Å². The predicted molar refractivity (Wildman–Crippen MR) is 95.6 cm³/mol. The molecule has 1 atom stereocenters. The fraction of sp³-hybridized carbons (Fsp3) is 0.300. The van der Waals surface area contributed by atoms with Gasteiger partial charge in [0.2, 0.25) is 11.8 Å². The van der Waals surface area contributed by atoms with E-state index in [1.807, 2.05) is 35.2 Å². The van der Waals surface area contributed by atoms with Crippen LogP contribution in [-0.2, 0) is 16.0 Å². The zero-order valence-corrected chi connectivity index (χ0v) is 14.1. The van der Waals surface area contributed by atoms with Crippen molar-refractivity contribution in [3.8, 4) is 0 Å². The van der Waals surface area contributed by atoms with Crippen molar-refractivity contribution in [3.63, 3.8) is 0 Å². The largest absolute Gasteiger partial charge is 0.465 e. The van der Waals surface area contributed by atoms with Crippen molar-refractivity contribution in [3.05, 3.63) is 66.1 Å². The Bertz CT molecular complexity index is 717. The van der Waals surface area contributed by atoms with Crippen LogP contribution in [0.15, 0.2) is 59.2 Å². The summed E-state index contributed by atoms with van der Waals surface area (Å²) in [5, 5.41) is 2.85. The maximum Gasteiger partial charge on any atom is 0.245 e. The Morgan fingerprint density at radius 3 is 2.56 bits per heavy atom. The number of likely N-dealkylation sites (tertiary alicyclic amines) is 1. The van der Waals surface area contributed by atoms with Crippen LogP contribution in [0, 0.1) is 0 Å². The summed E-state index contributed by atoms with van der Waals surface area (Å²) in [5.74, 6) is 0.284. The lowest BCUT2D eigenvalue weighted by Gasteiger charge is -2.23. The Kier molecular flexibility index (Phi) is 5.67. The van der Waals surface area contributed by atoms with Crippen molar-refractivity contribution >= 4 is 17.9 Å². The molecule has 0 bridgehead atoms. The molecule has 5 heteroatoms. The Labute approximate surface area is 147 Å². The van der Waals surface area contributed by atoms with Gasteiger partial charge >= 0.3 is 0 Å². The predicted octanol–water partition coefficient (Wildman–Crippen LogP) is 2.64. The monoisotopic (exact) mass is 338 g/mol. The molecule has 2 amide bonds. The van der Waals surface area contributed by atoms with E-state index in [0.29, 0.717) is 12.2 Å². The summed E-state index contributed by atoms with van der Waals surface area (Å²) in [6.45, 7) is 1.53.